The molecular formula is C13H12ClN3O3S. The van der Waals surface area contributed by atoms with E-state index in [4.69, 9.17) is 16.7 Å². The highest BCUT2D eigenvalue weighted by molar-refractivity contribution is 8.00. The number of nitrogens with one attached hydrogen (secondary N) is 1. The number of thioether (sulfide) groups is 1. The molecule has 0 bridgehead atoms. The Morgan fingerprint density at radius 1 is 1.38 bits per heavy atom. The van der Waals surface area contributed by atoms with Crippen LogP contribution in [-0.2, 0) is 16.1 Å². The normalized spacial score (nSPS) is 10.3. The molecule has 21 heavy (non-hydrogen) atoms. The molecule has 0 atom stereocenters. The van der Waals surface area contributed by atoms with E-state index in [1.54, 1.807) is 6.07 Å². The Morgan fingerprint density at radius 2 is 2.14 bits per heavy atom. The fourth-order valence-corrected chi connectivity index (χ4v) is 2.59. The third-order valence-corrected chi connectivity index (χ3v) is 3.92. The molecule has 0 fully saturated rings. The second-order valence-electron chi connectivity index (χ2n) is 4.09. The van der Waals surface area contributed by atoms with Gasteiger partial charge in [0.2, 0.25) is 5.91 Å². The molecule has 0 aliphatic carbocycles. The van der Waals surface area contributed by atoms with Gasteiger partial charge in [-0.25, -0.2) is 0 Å². The molecule has 1 amide bonds. The molecule has 1 aromatic carbocycles. The summed E-state index contributed by atoms with van der Waals surface area (Å²) in [6.07, 6.45) is 2.87. The topological polar surface area (TPSA) is 84.2 Å². The zero-order chi connectivity index (χ0) is 15.2. The molecule has 0 saturated carbocycles. The molecule has 8 heteroatoms. The van der Waals surface area contributed by atoms with Gasteiger partial charge in [-0.3, -0.25) is 14.3 Å². The van der Waals surface area contributed by atoms with Crippen molar-refractivity contribution in [1.82, 2.24) is 9.78 Å². The van der Waals surface area contributed by atoms with Crippen LogP contribution in [-0.4, -0.2) is 32.5 Å². The molecule has 0 aliphatic heterocycles. The van der Waals surface area contributed by atoms with Crippen molar-refractivity contribution in [1.29, 1.82) is 0 Å². The van der Waals surface area contributed by atoms with Gasteiger partial charge in [0.1, 0.15) is 6.54 Å². The van der Waals surface area contributed by atoms with E-state index >= 15 is 0 Å². The van der Waals surface area contributed by atoms with Crippen molar-refractivity contribution in [3.05, 3.63) is 41.7 Å². The minimum Gasteiger partial charge on any atom is -0.480 e. The number of carboxylic acid groups (broad SMARTS) is 1. The second-order valence-corrected chi connectivity index (χ2v) is 5.51. The van der Waals surface area contributed by atoms with Crippen LogP contribution in [0.5, 0.6) is 0 Å². The van der Waals surface area contributed by atoms with Crippen molar-refractivity contribution in [2.45, 2.75) is 11.4 Å². The molecule has 2 aromatic rings. The Morgan fingerprint density at radius 3 is 2.86 bits per heavy atom. The maximum absolute atomic E-state index is 11.8. The number of amides is 1. The average Bonchev–Trinajstić information content (AvgIpc) is 2.84. The van der Waals surface area contributed by atoms with Crippen molar-refractivity contribution in [3.8, 4) is 0 Å². The van der Waals surface area contributed by atoms with Gasteiger partial charge in [-0.05, 0) is 12.1 Å². The average molecular weight is 326 g/mol. The second kappa shape index (κ2) is 7.14. The van der Waals surface area contributed by atoms with Gasteiger partial charge in [-0.2, -0.15) is 5.10 Å². The molecule has 2 rings (SSSR count). The minimum atomic E-state index is -0.995. The Bertz CT molecular complexity index is 660. The van der Waals surface area contributed by atoms with Crippen LogP contribution in [0.4, 0.5) is 5.69 Å². The van der Waals surface area contributed by atoms with E-state index in [0.717, 1.165) is 4.90 Å². The van der Waals surface area contributed by atoms with Crippen LogP contribution in [0.25, 0.3) is 0 Å². The fraction of sp³-hybridized carbons (Fsp3) is 0.154. The van der Waals surface area contributed by atoms with Gasteiger partial charge in [0.25, 0.3) is 0 Å². The largest absolute Gasteiger partial charge is 0.480 e. The Kier molecular flexibility index (Phi) is 5.24. The zero-order valence-corrected chi connectivity index (χ0v) is 12.4. The summed E-state index contributed by atoms with van der Waals surface area (Å²) in [5.41, 5.74) is 0.459. The molecule has 0 aliphatic rings. The first-order valence-electron chi connectivity index (χ1n) is 5.96. The summed E-state index contributed by atoms with van der Waals surface area (Å²) in [4.78, 5) is 23.2. The molecule has 1 aromatic heterocycles. The minimum absolute atomic E-state index is 0.202. The van der Waals surface area contributed by atoms with Gasteiger partial charge in [-0.1, -0.05) is 23.7 Å². The summed E-state index contributed by atoms with van der Waals surface area (Å²) in [5.74, 6) is -1.01. The number of halogens is 1. The lowest BCUT2D eigenvalue weighted by Gasteiger charge is -2.04. The Labute approximate surface area is 130 Å². The van der Waals surface area contributed by atoms with Crippen molar-refractivity contribution in [3.63, 3.8) is 0 Å². The first-order valence-corrected chi connectivity index (χ1v) is 7.32. The lowest BCUT2D eigenvalue weighted by atomic mass is 10.4. The number of benzene rings is 1. The lowest BCUT2D eigenvalue weighted by Crippen LogP contribution is -2.13. The Hall–Kier alpha value is -1.99. The standard InChI is InChI=1S/C13H12ClN3O3S/c14-10-3-1-2-4-11(10)21-8-12(18)16-9-5-15-17(6-9)7-13(19)20/h1-6H,7-8H2,(H,16,18)(H,19,20). The van der Waals surface area contributed by atoms with Gasteiger partial charge in [0.15, 0.2) is 0 Å². The van der Waals surface area contributed by atoms with Crippen LogP contribution < -0.4 is 5.32 Å². The van der Waals surface area contributed by atoms with Crippen LogP contribution in [0.3, 0.4) is 0 Å². The number of carbonyl (C=O) groups excluding carboxylic acids is 1. The van der Waals surface area contributed by atoms with E-state index < -0.39 is 5.97 Å². The number of hydrogen-bond acceptors (Lipinski definition) is 4. The zero-order valence-electron chi connectivity index (χ0n) is 10.8. The van der Waals surface area contributed by atoms with E-state index in [2.05, 4.69) is 10.4 Å². The van der Waals surface area contributed by atoms with E-state index in [0.29, 0.717) is 10.7 Å². The van der Waals surface area contributed by atoms with Gasteiger partial charge < -0.3 is 10.4 Å². The van der Waals surface area contributed by atoms with Crippen LogP contribution in [0.15, 0.2) is 41.6 Å². The maximum atomic E-state index is 11.8. The highest BCUT2D eigenvalue weighted by Crippen LogP contribution is 2.26. The smallest absolute Gasteiger partial charge is 0.325 e. The molecular weight excluding hydrogens is 314 g/mol. The SMILES string of the molecule is O=C(O)Cn1cc(NC(=O)CSc2ccccc2Cl)cn1. The number of rotatable bonds is 6. The lowest BCUT2D eigenvalue weighted by molar-refractivity contribution is -0.137. The monoisotopic (exact) mass is 325 g/mol. The maximum Gasteiger partial charge on any atom is 0.325 e. The number of aromatic nitrogens is 2. The quantitative estimate of drug-likeness (QED) is 0.796. The molecule has 1 heterocycles. The summed E-state index contributed by atoms with van der Waals surface area (Å²) < 4.78 is 1.24. The summed E-state index contributed by atoms with van der Waals surface area (Å²) >= 11 is 7.32. The number of anilines is 1. The van der Waals surface area contributed by atoms with Crippen molar-refractivity contribution in [2.24, 2.45) is 0 Å². The molecule has 0 saturated heterocycles. The molecule has 0 radical (unpaired) electrons. The third-order valence-electron chi connectivity index (χ3n) is 2.41. The number of carbonyl (C=O) groups is 2. The summed E-state index contributed by atoms with van der Waals surface area (Å²) in [7, 11) is 0. The first kappa shape index (κ1) is 15.4. The van der Waals surface area contributed by atoms with Crippen LogP contribution in [0, 0.1) is 0 Å². The van der Waals surface area contributed by atoms with Crippen LogP contribution in [0.1, 0.15) is 0 Å². The molecule has 6 nitrogen and oxygen atoms in total. The van der Waals surface area contributed by atoms with Gasteiger partial charge >= 0.3 is 5.97 Å². The van der Waals surface area contributed by atoms with Gasteiger partial charge in [0.05, 0.1) is 22.7 Å². The highest BCUT2D eigenvalue weighted by Gasteiger charge is 2.08. The molecule has 0 unspecified atom stereocenters. The van der Waals surface area contributed by atoms with E-state index in [-0.39, 0.29) is 18.2 Å². The number of aliphatic carboxylic acids is 1. The Balaban J connectivity index is 1.86. The van der Waals surface area contributed by atoms with Gasteiger partial charge in [-0.15, -0.1) is 11.8 Å². The predicted molar refractivity (Wildman–Crippen MR) is 80.7 cm³/mol. The summed E-state index contributed by atoms with van der Waals surface area (Å²) in [5, 5.41) is 15.7. The van der Waals surface area contributed by atoms with Gasteiger partial charge in [0, 0.05) is 11.1 Å². The number of nitrogens with zero attached hydrogens (tertiary/aromatic N) is 2. The van der Waals surface area contributed by atoms with E-state index in [1.807, 2.05) is 18.2 Å². The number of hydrogen-bond donors (Lipinski definition) is 2. The van der Waals surface area contributed by atoms with Crippen LogP contribution in [0.2, 0.25) is 5.02 Å². The summed E-state index contributed by atoms with van der Waals surface area (Å²) in [6.45, 7) is -0.246. The highest BCUT2D eigenvalue weighted by atomic mass is 35.5. The predicted octanol–water partition coefficient (Wildman–Crippen LogP) is 2.35. The van der Waals surface area contributed by atoms with Crippen LogP contribution >= 0.6 is 23.4 Å². The number of carboxylic acids is 1. The van der Waals surface area contributed by atoms with E-state index in [9.17, 15) is 9.59 Å². The molecule has 2 N–H and O–H groups in total. The first-order chi connectivity index (χ1) is 10.0. The van der Waals surface area contributed by atoms with E-state index in [1.165, 1.54) is 28.8 Å². The summed E-state index contributed by atoms with van der Waals surface area (Å²) in [6, 6.07) is 7.27. The van der Waals surface area contributed by atoms with Crippen molar-refractivity contribution in [2.75, 3.05) is 11.1 Å². The fourth-order valence-electron chi connectivity index (χ4n) is 1.56. The van der Waals surface area contributed by atoms with Crippen molar-refractivity contribution >= 4 is 40.9 Å². The molecule has 110 valence electrons. The third kappa shape index (κ3) is 4.80. The molecule has 0 spiro atoms. The van der Waals surface area contributed by atoms with Crippen molar-refractivity contribution < 1.29 is 14.7 Å².